The lowest BCUT2D eigenvalue weighted by Crippen LogP contribution is -2.56. The van der Waals surface area contributed by atoms with Crippen LogP contribution in [0.15, 0.2) is 17.3 Å². The third-order valence-electron chi connectivity index (χ3n) is 4.91. The van der Waals surface area contributed by atoms with E-state index in [2.05, 4.69) is 30.5 Å². The molecule has 102 valence electrons. The summed E-state index contributed by atoms with van der Waals surface area (Å²) in [4.78, 5) is 2.53. The van der Waals surface area contributed by atoms with Crippen molar-refractivity contribution >= 4 is 5.71 Å². The second kappa shape index (κ2) is 5.43. The van der Waals surface area contributed by atoms with Crippen molar-refractivity contribution in [3.05, 3.63) is 12.2 Å². The zero-order chi connectivity index (χ0) is 13.2. The second-order valence-electron chi connectivity index (χ2n) is 6.15. The van der Waals surface area contributed by atoms with Crippen LogP contribution in [0.2, 0.25) is 0 Å². The molecule has 2 unspecified atom stereocenters. The summed E-state index contributed by atoms with van der Waals surface area (Å²) in [5.41, 5.74) is 2.15. The molecule has 0 aromatic rings. The molecule has 1 N–H and O–H groups in total. The van der Waals surface area contributed by atoms with Gasteiger partial charge in [0.1, 0.15) is 0 Å². The van der Waals surface area contributed by atoms with Crippen molar-refractivity contribution in [3.8, 4) is 0 Å². The maximum absolute atomic E-state index is 9.39. The number of piperidine rings is 1. The van der Waals surface area contributed by atoms with Crippen LogP contribution in [0, 0.1) is 5.92 Å². The lowest BCUT2D eigenvalue weighted by molar-refractivity contribution is 0.106. The van der Waals surface area contributed by atoms with Gasteiger partial charge in [0, 0.05) is 0 Å². The van der Waals surface area contributed by atoms with Gasteiger partial charge in [0.2, 0.25) is 0 Å². The number of allylic oxidation sites excluding steroid dienone is 1. The molecule has 0 radical (unpaired) electrons. The van der Waals surface area contributed by atoms with E-state index in [1.807, 2.05) is 0 Å². The van der Waals surface area contributed by atoms with Gasteiger partial charge in [0.15, 0.2) is 0 Å². The van der Waals surface area contributed by atoms with E-state index in [4.69, 9.17) is 0 Å². The van der Waals surface area contributed by atoms with Crippen molar-refractivity contribution in [3.63, 3.8) is 0 Å². The Morgan fingerprint density at radius 2 is 2.06 bits per heavy atom. The quantitative estimate of drug-likeness (QED) is 0.463. The summed E-state index contributed by atoms with van der Waals surface area (Å²) in [6, 6.07) is 0. The molecule has 1 saturated heterocycles. The van der Waals surface area contributed by atoms with Crippen LogP contribution >= 0.6 is 0 Å². The number of rotatable bonds is 2. The predicted octanol–water partition coefficient (Wildman–Crippen LogP) is 3.44. The Hall–Kier alpha value is -0.830. The van der Waals surface area contributed by atoms with Gasteiger partial charge in [-0.25, -0.2) is 0 Å². The van der Waals surface area contributed by atoms with Gasteiger partial charge in [-0.3, -0.25) is 4.90 Å². The summed E-state index contributed by atoms with van der Waals surface area (Å²) >= 11 is 0. The Kier molecular flexibility index (Phi) is 4.10. The molecule has 2 atom stereocenters. The van der Waals surface area contributed by atoms with Crippen molar-refractivity contribution in [1.82, 2.24) is 4.90 Å². The Balaban J connectivity index is 2.14. The van der Waals surface area contributed by atoms with Crippen LogP contribution in [-0.2, 0) is 0 Å². The summed E-state index contributed by atoms with van der Waals surface area (Å²) in [6.07, 6.45) is 7.02. The zero-order valence-corrected chi connectivity index (χ0v) is 11.8. The van der Waals surface area contributed by atoms with Crippen molar-refractivity contribution < 1.29 is 5.21 Å². The molecule has 0 spiro atoms. The third kappa shape index (κ3) is 2.46. The number of nitrogens with zero attached hydrogens (tertiary/aromatic N) is 2. The fraction of sp³-hybridized carbons (Fsp3) is 0.800. The van der Waals surface area contributed by atoms with Gasteiger partial charge in [0.25, 0.3) is 0 Å². The van der Waals surface area contributed by atoms with Crippen LogP contribution in [-0.4, -0.2) is 34.4 Å². The van der Waals surface area contributed by atoms with Crippen molar-refractivity contribution in [2.45, 2.75) is 57.9 Å². The highest BCUT2D eigenvalue weighted by molar-refractivity contribution is 5.94. The highest BCUT2D eigenvalue weighted by Gasteiger charge is 2.42. The summed E-state index contributed by atoms with van der Waals surface area (Å²) in [5.74, 6) is 0.494. The van der Waals surface area contributed by atoms with Gasteiger partial charge >= 0.3 is 0 Å². The summed E-state index contributed by atoms with van der Waals surface area (Å²) in [7, 11) is 0. The van der Waals surface area contributed by atoms with E-state index in [0.717, 1.165) is 31.6 Å². The molecule has 0 aromatic heterocycles. The number of oxime groups is 1. The van der Waals surface area contributed by atoms with E-state index < -0.39 is 0 Å². The fourth-order valence-corrected chi connectivity index (χ4v) is 3.45. The average Bonchev–Trinajstić information content (AvgIpc) is 2.40. The zero-order valence-electron chi connectivity index (χ0n) is 11.8. The van der Waals surface area contributed by atoms with Crippen LogP contribution in [0.5, 0.6) is 0 Å². The molecular formula is C15H26N2O. The Morgan fingerprint density at radius 1 is 1.39 bits per heavy atom. The van der Waals surface area contributed by atoms with Crippen LogP contribution in [0.4, 0.5) is 0 Å². The third-order valence-corrected chi connectivity index (χ3v) is 4.91. The second-order valence-corrected chi connectivity index (χ2v) is 6.15. The lowest BCUT2D eigenvalue weighted by Gasteiger charge is -2.47. The van der Waals surface area contributed by atoms with Crippen molar-refractivity contribution in [2.24, 2.45) is 11.1 Å². The summed E-state index contributed by atoms with van der Waals surface area (Å²) in [5, 5.41) is 13.0. The Morgan fingerprint density at radius 3 is 2.61 bits per heavy atom. The summed E-state index contributed by atoms with van der Waals surface area (Å²) in [6.45, 7) is 10.7. The first-order valence-corrected chi connectivity index (χ1v) is 7.20. The molecule has 1 saturated carbocycles. The van der Waals surface area contributed by atoms with Gasteiger partial charge in [-0.15, -0.1) is 0 Å². The van der Waals surface area contributed by atoms with Crippen LogP contribution in [0.1, 0.15) is 52.4 Å². The SMILES string of the molecule is C=C(C)C1CCC(C)(N2CCCCC2)C(=NO)C1. The van der Waals surface area contributed by atoms with Gasteiger partial charge in [-0.2, -0.15) is 0 Å². The van der Waals surface area contributed by atoms with Crippen LogP contribution < -0.4 is 0 Å². The number of hydrogen-bond donors (Lipinski definition) is 1. The first-order valence-electron chi connectivity index (χ1n) is 7.20. The predicted molar refractivity (Wildman–Crippen MR) is 75.2 cm³/mol. The smallest absolute Gasteiger partial charge is 0.0776 e. The standard InChI is InChI=1S/C15H26N2O/c1-12(2)13-7-8-15(3,14(11-13)16-18)17-9-5-4-6-10-17/h13,18H,1,4-11H2,2-3H3. The fourth-order valence-electron chi connectivity index (χ4n) is 3.45. The number of hydrogen-bond acceptors (Lipinski definition) is 3. The molecule has 2 rings (SSSR count). The first-order chi connectivity index (χ1) is 8.58. The molecule has 18 heavy (non-hydrogen) atoms. The Labute approximate surface area is 111 Å². The molecule has 1 aliphatic carbocycles. The van der Waals surface area contributed by atoms with E-state index in [1.54, 1.807) is 0 Å². The van der Waals surface area contributed by atoms with Gasteiger partial charge in [-0.05, 0) is 65.0 Å². The lowest BCUT2D eigenvalue weighted by atomic mass is 9.72. The molecular weight excluding hydrogens is 224 g/mol. The van der Waals surface area contributed by atoms with Gasteiger partial charge in [-0.1, -0.05) is 23.7 Å². The minimum absolute atomic E-state index is 0.0267. The topological polar surface area (TPSA) is 35.8 Å². The van der Waals surface area contributed by atoms with Gasteiger partial charge in [0.05, 0.1) is 11.3 Å². The first kappa shape index (κ1) is 13.6. The molecule has 3 nitrogen and oxygen atoms in total. The minimum Gasteiger partial charge on any atom is -0.411 e. The number of likely N-dealkylation sites (tertiary alicyclic amines) is 1. The molecule has 2 fully saturated rings. The highest BCUT2D eigenvalue weighted by atomic mass is 16.4. The molecule has 3 heteroatoms. The monoisotopic (exact) mass is 250 g/mol. The molecule has 0 amide bonds. The molecule has 0 bridgehead atoms. The Bertz CT molecular complexity index is 344. The van der Waals surface area contributed by atoms with Gasteiger partial charge < -0.3 is 5.21 Å². The molecule has 1 aliphatic heterocycles. The van der Waals surface area contributed by atoms with Crippen molar-refractivity contribution in [1.29, 1.82) is 0 Å². The highest BCUT2D eigenvalue weighted by Crippen LogP contribution is 2.38. The van der Waals surface area contributed by atoms with E-state index >= 15 is 0 Å². The molecule has 2 aliphatic rings. The molecule has 0 aromatic carbocycles. The summed E-state index contributed by atoms with van der Waals surface area (Å²) < 4.78 is 0. The maximum Gasteiger partial charge on any atom is 0.0776 e. The molecule has 1 heterocycles. The normalized spacial score (nSPS) is 36.8. The van der Waals surface area contributed by atoms with E-state index in [-0.39, 0.29) is 5.54 Å². The maximum atomic E-state index is 9.39. The van der Waals surface area contributed by atoms with E-state index in [1.165, 1.54) is 31.3 Å². The van der Waals surface area contributed by atoms with Crippen LogP contribution in [0.25, 0.3) is 0 Å². The average molecular weight is 250 g/mol. The van der Waals surface area contributed by atoms with Crippen molar-refractivity contribution in [2.75, 3.05) is 13.1 Å². The van der Waals surface area contributed by atoms with E-state index in [9.17, 15) is 5.21 Å². The van der Waals surface area contributed by atoms with E-state index in [0.29, 0.717) is 5.92 Å². The minimum atomic E-state index is -0.0267. The largest absolute Gasteiger partial charge is 0.411 e. The van der Waals surface area contributed by atoms with Crippen LogP contribution in [0.3, 0.4) is 0 Å².